The average molecular weight is 1040 g/mol. The van der Waals surface area contributed by atoms with Crippen molar-refractivity contribution in [2.45, 2.75) is 132 Å². The molecule has 8 rings (SSSR count). The van der Waals surface area contributed by atoms with Gasteiger partial charge in [0.05, 0.1) is 76.7 Å². The highest BCUT2D eigenvalue weighted by atomic mass is 32.2. The van der Waals surface area contributed by atoms with E-state index in [1.54, 1.807) is 46.6 Å². The summed E-state index contributed by atoms with van der Waals surface area (Å²) in [4.78, 5) is 69.3. The van der Waals surface area contributed by atoms with Crippen LogP contribution >= 0.6 is 34.4 Å². The molecule has 4 heterocycles. The first-order valence-corrected chi connectivity index (χ1v) is 27.4. The summed E-state index contributed by atoms with van der Waals surface area (Å²) in [6, 6.07) is 17.5. The number of hydrogen-bond acceptors (Lipinski definition) is 14. The van der Waals surface area contributed by atoms with E-state index in [-0.39, 0.29) is 54.8 Å². The van der Waals surface area contributed by atoms with Gasteiger partial charge in [-0.3, -0.25) is 24.5 Å². The van der Waals surface area contributed by atoms with Crippen LogP contribution in [0.25, 0.3) is 10.4 Å². The van der Waals surface area contributed by atoms with E-state index >= 15 is 0 Å². The largest absolute Gasteiger partial charge is 0.496 e. The molecular formula is C54H67N7O8S3. The van der Waals surface area contributed by atoms with Crippen LogP contribution in [0.15, 0.2) is 81.5 Å². The Morgan fingerprint density at radius 3 is 2.31 bits per heavy atom. The van der Waals surface area contributed by atoms with Crippen LogP contribution in [0.5, 0.6) is 11.5 Å². The van der Waals surface area contributed by atoms with E-state index in [9.17, 15) is 24.3 Å². The summed E-state index contributed by atoms with van der Waals surface area (Å²) < 4.78 is 18.3. The molecule has 18 heteroatoms. The minimum Gasteiger partial charge on any atom is -0.496 e. The van der Waals surface area contributed by atoms with Crippen molar-refractivity contribution < 1.29 is 38.5 Å². The molecule has 4 amide bonds. The first-order valence-electron chi connectivity index (χ1n) is 24.9. The van der Waals surface area contributed by atoms with Crippen molar-refractivity contribution in [3.8, 4) is 21.9 Å². The molecule has 1 aliphatic carbocycles. The van der Waals surface area contributed by atoms with Crippen LogP contribution in [0.2, 0.25) is 0 Å². The number of aryl methyl sites for hydroxylation is 2. The van der Waals surface area contributed by atoms with E-state index in [0.717, 1.165) is 74.9 Å². The monoisotopic (exact) mass is 1040 g/mol. The lowest BCUT2D eigenvalue weighted by Crippen LogP contribution is -2.58. The maximum atomic E-state index is 14.5. The summed E-state index contributed by atoms with van der Waals surface area (Å²) >= 11 is 4.44. The van der Waals surface area contributed by atoms with Gasteiger partial charge in [-0.05, 0) is 118 Å². The number of ether oxygens (including phenoxy) is 3. The zero-order valence-electron chi connectivity index (χ0n) is 42.2. The summed E-state index contributed by atoms with van der Waals surface area (Å²) in [6.07, 6.45) is 6.31. The molecule has 2 aromatic heterocycles. The van der Waals surface area contributed by atoms with Crippen molar-refractivity contribution in [3.05, 3.63) is 100 Å². The van der Waals surface area contributed by atoms with Gasteiger partial charge in [-0.2, -0.15) is 0 Å². The van der Waals surface area contributed by atoms with E-state index in [0.29, 0.717) is 54.1 Å². The van der Waals surface area contributed by atoms with Crippen molar-refractivity contribution in [3.63, 3.8) is 0 Å². The second-order valence-corrected chi connectivity index (χ2v) is 23.3. The van der Waals surface area contributed by atoms with Gasteiger partial charge in [0, 0.05) is 42.6 Å². The Hall–Kier alpha value is -5.37. The van der Waals surface area contributed by atoms with Crippen molar-refractivity contribution in [1.82, 2.24) is 30.4 Å². The highest BCUT2D eigenvalue weighted by molar-refractivity contribution is 8.01. The molecule has 2 aliphatic heterocycles. The average Bonchev–Trinajstić information content (AvgIpc) is 4.11. The number of likely N-dealkylation sites (tertiary alicyclic amines) is 1. The van der Waals surface area contributed by atoms with E-state index in [2.05, 4.69) is 25.9 Å². The number of β-amino-alcohol motifs (C(OH)–C–C–N with tert-alkyl or cyclic N) is 1. The Morgan fingerprint density at radius 2 is 1.65 bits per heavy atom. The van der Waals surface area contributed by atoms with Gasteiger partial charge < -0.3 is 39.8 Å². The topological polar surface area (TPSA) is 185 Å². The minimum atomic E-state index is -0.788. The Labute approximate surface area is 434 Å². The van der Waals surface area contributed by atoms with E-state index in [1.165, 1.54) is 23.1 Å². The first-order chi connectivity index (χ1) is 34.5. The second-order valence-electron chi connectivity index (χ2n) is 20.1. The lowest BCUT2D eigenvalue weighted by atomic mass is 9.84. The molecule has 72 heavy (non-hydrogen) atoms. The van der Waals surface area contributed by atoms with Gasteiger partial charge in [0.2, 0.25) is 11.8 Å². The number of amides is 4. The van der Waals surface area contributed by atoms with Crippen LogP contribution in [0.1, 0.15) is 116 Å². The number of anilines is 1. The third-order valence-electron chi connectivity index (χ3n) is 13.7. The molecule has 0 spiro atoms. The number of morpholine rings is 1. The van der Waals surface area contributed by atoms with Gasteiger partial charge in [0.15, 0.2) is 5.13 Å². The summed E-state index contributed by atoms with van der Waals surface area (Å²) in [5, 5.41) is 21.1. The highest BCUT2D eigenvalue weighted by Gasteiger charge is 2.45. The van der Waals surface area contributed by atoms with E-state index < -0.39 is 23.6 Å². The molecule has 5 aromatic rings. The van der Waals surface area contributed by atoms with Crippen molar-refractivity contribution in [2.75, 3.05) is 45.3 Å². The smallest absolute Gasteiger partial charge is 0.257 e. The number of thiazole rings is 2. The fraction of sp³-hybridized carbons (Fsp3) is 0.481. The number of aromatic nitrogens is 2. The molecule has 3 aliphatic rings. The summed E-state index contributed by atoms with van der Waals surface area (Å²) in [6.45, 7) is 14.2. The number of hydrogen-bond donors (Lipinski definition) is 4. The van der Waals surface area contributed by atoms with Crippen LogP contribution in [0.4, 0.5) is 5.13 Å². The SMILES string of the molecule is COc1cc(C)c(Sc2cnc(NC(=O)c3ccc(OC4CCCC(N[C@H](C(=O)N5C[C@H](O)C[C@H]5C(=O)N[C@@H](C)c5ccc(-c6scnc6C)cc5)C(C)(C)C)CCC4)cc3)s2)cc1C(=O)N1CCOCC1. The lowest BCUT2D eigenvalue weighted by molar-refractivity contribution is -0.142. The molecule has 4 atom stereocenters. The minimum absolute atomic E-state index is 0.00740. The predicted molar refractivity (Wildman–Crippen MR) is 282 cm³/mol. The van der Waals surface area contributed by atoms with Crippen LogP contribution < -0.4 is 25.4 Å². The lowest BCUT2D eigenvalue weighted by Gasteiger charge is -2.38. The van der Waals surface area contributed by atoms with Gasteiger partial charge in [-0.25, -0.2) is 9.97 Å². The summed E-state index contributed by atoms with van der Waals surface area (Å²) in [5.41, 5.74) is 6.34. The maximum Gasteiger partial charge on any atom is 0.257 e. The maximum absolute atomic E-state index is 14.5. The molecule has 3 aromatic carbocycles. The molecular weight excluding hydrogens is 971 g/mol. The van der Waals surface area contributed by atoms with Gasteiger partial charge in [0.1, 0.15) is 17.5 Å². The van der Waals surface area contributed by atoms with Crippen LogP contribution in [-0.4, -0.2) is 119 Å². The van der Waals surface area contributed by atoms with Crippen molar-refractivity contribution >= 4 is 63.2 Å². The molecule has 0 unspecified atom stereocenters. The molecule has 3 fully saturated rings. The third-order valence-corrected chi connectivity index (χ3v) is 16.8. The van der Waals surface area contributed by atoms with Crippen LogP contribution in [-0.2, 0) is 14.3 Å². The molecule has 384 valence electrons. The summed E-state index contributed by atoms with van der Waals surface area (Å²) in [5.74, 6) is 0.416. The van der Waals surface area contributed by atoms with Gasteiger partial charge in [0.25, 0.3) is 11.8 Å². The molecule has 15 nitrogen and oxygen atoms in total. The van der Waals surface area contributed by atoms with E-state index in [1.807, 2.05) is 95.6 Å². The number of nitrogens with zero attached hydrogens (tertiary/aromatic N) is 4. The van der Waals surface area contributed by atoms with Crippen LogP contribution in [0.3, 0.4) is 0 Å². The Morgan fingerprint density at radius 1 is 0.944 bits per heavy atom. The van der Waals surface area contributed by atoms with Gasteiger partial charge >= 0.3 is 0 Å². The Kier molecular flexibility index (Phi) is 17.4. The zero-order valence-corrected chi connectivity index (χ0v) is 44.6. The second kappa shape index (κ2) is 23.7. The number of carbonyl (C=O) groups excluding carboxylic acids is 4. The van der Waals surface area contributed by atoms with Crippen molar-refractivity contribution in [2.24, 2.45) is 5.41 Å². The summed E-state index contributed by atoms with van der Waals surface area (Å²) in [7, 11) is 1.57. The quantitative estimate of drug-likeness (QED) is 0.0781. The third kappa shape index (κ3) is 13.0. The first kappa shape index (κ1) is 52.9. The molecule has 2 saturated heterocycles. The Balaban J connectivity index is 0.806. The standard InChI is InChI=1S/C54H67N7O8S3/c1-32-26-44(67-7)42(51(65)60-22-24-68-25-23-60)28-45(32)71-46-29-55-53(72-46)59-49(63)37-18-20-41(21-19-37)69-40-12-8-10-38(11-9-13-40)58-48(54(4,5)6)52(66)61-30-39(62)27-43(61)50(64)57-33(2)35-14-16-36(17-15-35)47-34(3)56-31-70-47/h14-21,26,28-29,31,33,38-40,43,48,58,62H,8-13,22-25,27,30H2,1-7H3,(H,57,64)(H,55,59,63)/t33-,38?,39+,40?,43-,48+/m0/s1. The van der Waals surface area contributed by atoms with Gasteiger partial charge in [-0.15, -0.1) is 11.3 Å². The number of aliphatic hydroxyl groups is 1. The predicted octanol–water partition coefficient (Wildman–Crippen LogP) is 9.08. The number of methoxy groups -OCH3 is 1. The molecule has 0 radical (unpaired) electrons. The highest BCUT2D eigenvalue weighted by Crippen LogP contribution is 2.39. The number of aliphatic hydroxyl groups excluding tert-OH is 1. The zero-order chi connectivity index (χ0) is 51.1. The molecule has 0 bridgehead atoms. The molecule has 4 N–H and O–H groups in total. The fourth-order valence-corrected chi connectivity index (χ4v) is 12.4. The Bertz CT molecular complexity index is 2670. The van der Waals surface area contributed by atoms with Crippen LogP contribution in [0, 0.1) is 19.3 Å². The van der Waals surface area contributed by atoms with Gasteiger partial charge in [-0.1, -0.05) is 68.1 Å². The fourth-order valence-electron chi connectivity index (χ4n) is 9.61. The molecule has 1 saturated carbocycles. The number of rotatable bonds is 15. The number of benzene rings is 3. The normalized spacial score (nSPS) is 20.5. The van der Waals surface area contributed by atoms with Crippen molar-refractivity contribution in [1.29, 1.82) is 0 Å². The number of carbonyl (C=O) groups is 4. The number of nitrogens with one attached hydrogen (secondary N) is 3. The van der Waals surface area contributed by atoms with E-state index in [4.69, 9.17) is 14.2 Å².